The van der Waals surface area contributed by atoms with Crippen LogP contribution in [0.3, 0.4) is 0 Å². The highest BCUT2D eigenvalue weighted by molar-refractivity contribution is 6.44. The van der Waals surface area contributed by atoms with E-state index in [4.69, 9.17) is 10.1 Å². The quantitative estimate of drug-likeness (QED) is 0.507. The first-order chi connectivity index (χ1) is 3.66. The summed E-state index contributed by atoms with van der Waals surface area (Å²) < 4.78 is 3.87. The van der Waals surface area contributed by atoms with Crippen molar-refractivity contribution >= 4 is 13.3 Å². The van der Waals surface area contributed by atoms with Crippen LogP contribution in [0, 0.1) is 0 Å². The van der Waals surface area contributed by atoms with E-state index in [1.54, 1.807) is 6.92 Å². The Morgan fingerprint density at radius 1 is 1.88 bits per heavy atom. The first-order valence-corrected chi connectivity index (χ1v) is 2.24. The van der Waals surface area contributed by atoms with Crippen LogP contribution in [-0.4, -0.2) is 23.4 Å². The minimum absolute atomic E-state index is 0.284. The first kappa shape index (κ1) is 7.29. The van der Waals surface area contributed by atoms with Crippen molar-refractivity contribution in [3.05, 3.63) is 0 Å². The number of rotatable bonds is 2. The lowest BCUT2D eigenvalue weighted by Gasteiger charge is -1.98. The minimum atomic E-state index is -1.45. The third kappa shape index (κ3) is 3.48. The SMILES string of the molecule is CCB(O)OC(=O)O. The van der Waals surface area contributed by atoms with Gasteiger partial charge in [-0.1, -0.05) is 6.92 Å². The second kappa shape index (κ2) is 3.32. The summed E-state index contributed by atoms with van der Waals surface area (Å²) in [4.78, 5) is 9.59. The molecule has 0 atom stereocenters. The zero-order valence-corrected chi connectivity index (χ0v) is 4.50. The summed E-state index contributed by atoms with van der Waals surface area (Å²) in [6.45, 7) is 1.62. The molecule has 5 heteroatoms. The van der Waals surface area contributed by atoms with Gasteiger partial charge in [-0.2, -0.15) is 0 Å². The molecule has 0 saturated heterocycles. The van der Waals surface area contributed by atoms with E-state index in [-0.39, 0.29) is 6.32 Å². The molecular formula is C3H7BO4. The Morgan fingerprint density at radius 2 is 2.38 bits per heavy atom. The van der Waals surface area contributed by atoms with Crippen LogP contribution in [0.25, 0.3) is 0 Å². The van der Waals surface area contributed by atoms with Crippen LogP contribution < -0.4 is 0 Å². The molecule has 0 fully saturated rings. The van der Waals surface area contributed by atoms with Gasteiger partial charge in [-0.15, -0.1) is 0 Å². The molecule has 8 heavy (non-hydrogen) atoms. The third-order valence-corrected chi connectivity index (χ3v) is 0.586. The number of hydrogen-bond acceptors (Lipinski definition) is 3. The number of hydrogen-bond donors (Lipinski definition) is 2. The van der Waals surface area contributed by atoms with E-state index in [0.29, 0.717) is 0 Å². The first-order valence-electron chi connectivity index (χ1n) is 2.24. The van der Waals surface area contributed by atoms with Gasteiger partial charge in [0.15, 0.2) is 0 Å². The Hall–Kier alpha value is -0.705. The average Bonchev–Trinajstić information content (AvgIpc) is 1.65. The molecule has 2 N–H and O–H groups in total. The van der Waals surface area contributed by atoms with Crippen molar-refractivity contribution in [2.45, 2.75) is 13.2 Å². The molecule has 0 unspecified atom stereocenters. The van der Waals surface area contributed by atoms with Crippen molar-refractivity contribution < 1.29 is 19.6 Å². The van der Waals surface area contributed by atoms with Gasteiger partial charge in [0, 0.05) is 0 Å². The maximum atomic E-state index is 9.59. The number of carbonyl (C=O) groups is 1. The van der Waals surface area contributed by atoms with Gasteiger partial charge in [0.2, 0.25) is 0 Å². The van der Waals surface area contributed by atoms with E-state index in [1.807, 2.05) is 0 Å². The zero-order valence-electron chi connectivity index (χ0n) is 4.50. The maximum Gasteiger partial charge on any atom is 0.526 e. The third-order valence-electron chi connectivity index (χ3n) is 0.586. The maximum absolute atomic E-state index is 9.59. The Kier molecular flexibility index (Phi) is 3.02. The summed E-state index contributed by atoms with van der Waals surface area (Å²) in [5.41, 5.74) is 0. The van der Waals surface area contributed by atoms with Gasteiger partial charge in [0.05, 0.1) is 0 Å². The summed E-state index contributed by atoms with van der Waals surface area (Å²) in [6, 6.07) is 0. The molecule has 0 heterocycles. The summed E-state index contributed by atoms with van der Waals surface area (Å²) in [5, 5.41) is 16.3. The summed E-state index contributed by atoms with van der Waals surface area (Å²) >= 11 is 0. The Labute approximate surface area is 47.2 Å². The van der Waals surface area contributed by atoms with E-state index < -0.39 is 13.3 Å². The van der Waals surface area contributed by atoms with Crippen LogP contribution in [0.4, 0.5) is 4.79 Å². The van der Waals surface area contributed by atoms with Gasteiger partial charge in [-0.05, 0) is 6.32 Å². The Bertz CT molecular complexity index is 83.4. The molecule has 0 aromatic rings. The lowest BCUT2D eigenvalue weighted by atomic mass is 9.87. The van der Waals surface area contributed by atoms with Crippen LogP contribution >= 0.6 is 0 Å². The molecule has 0 aromatic heterocycles. The molecule has 0 aliphatic carbocycles. The van der Waals surface area contributed by atoms with E-state index in [1.165, 1.54) is 0 Å². The molecular weight excluding hydrogens is 111 g/mol. The summed E-state index contributed by atoms with van der Waals surface area (Å²) in [6.07, 6.45) is -1.16. The highest BCUT2D eigenvalue weighted by Gasteiger charge is 2.13. The molecule has 0 bridgehead atoms. The zero-order chi connectivity index (χ0) is 6.57. The van der Waals surface area contributed by atoms with E-state index in [0.717, 1.165) is 0 Å². The molecule has 0 rings (SSSR count). The fraction of sp³-hybridized carbons (Fsp3) is 0.667. The lowest BCUT2D eigenvalue weighted by Crippen LogP contribution is -2.19. The van der Waals surface area contributed by atoms with Gasteiger partial charge in [-0.25, -0.2) is 4.79 Å². The average molecular weight is 118 g/mol. The fourth-order valence-electron chi connectivity index (χ4n) is 0.200. The molecule has 0 aromatic carbocycles. The van der Waals surface area contributed by atoms with Crippen molar-refractivity contribution in [3.8, 4) is 0 Å². The molecule has 0 amide bonds. The predicted octanol–water partition coefficient (Wildman–Crippen LogP) is 0.181. The van der Waals surface area contributed by atoms with E-state index in [9.17, 15) is 4.79 Å². The highest BCUT2D eigenvalue weighted by Crippen LogP contribution is 1.87. The van der Waals surface area contributed by atoms with Gasteiger partial charge in [0.1, 0.15) is 0 Å². The van der Waals surface area contributed by atoms with Gasteiger partial charge in [-0.3, -0.25) is 0 Å². The topological polar surface area (TPSA) is 66.8 Å². The normalized spacial score (nSPS) is 8.25. The van der Waals surface area contributed by atoms with Gasteiger partial charge in [0.25, 0.3) is 0 Å². The van der Waals surface area contributed by atoms with Crippen molar-refractivity contribution in [1.82, 2.24) is 0 Å². The van der Waals surface area contributed by atoms with Crippen LogP contribution in [-0.2, 0) is 4.65 Å². The van der Waals surface area contributed by atoms with Crippen molar-refractivity contribution in [2.75, 3.05) is 0 Å². The second-order valence-corrected chi connectivity index (χ2v) is 1.25. The van der Waals surface area contributed by atoms with Gasteiger partial charge >= 0.3 is 13.3 Å². The standard InChI is InChI=1S/C3H7BO4/c1-2-4(7)8-3(5)6/h7H,2H2,1H3,(H,5,6). The molecule has 4 nitrogen and oxygen atoms in total. The van der Waals surface area contributed by atoms with Crippen LogP contribution in [0.15, 0.2) is 0 Å². The predicted molar refractivity (Wildman–Crippen MR) is 27.6 cm³/mol. The minimum Gasteiger partial charge on any atom is -0.477 e. The molecule has 0 saturated carbocycles. The Balaban J connectivity index is 3.24. The fourth-order valence-corrected chi connectivity index (χ4v) is 0.200. The van der Waals surface area contributed by atoms with Crippen molar-refractivity contribution in [3.63, 3.8) is 0 Å². The molecule has 0 spiro atoms. The Morgan fingerprint density at radius 3 is 2.50 bits per heavy atom. The van der Waals surface area contributed by atoms with Crippen LogP contribution in [0.1, 0.15) is 6.92 Å². The van der Waals surface area contributed by atoms with Crippen molar-refractivity contribution in [2.24, 2.45) is 0 Å². The summed E-state index contributed by atoms with van der Waals surface area (Å²) in [7, 11) is -1.17. The number of carboxylic acid groups (broad SMARTS) is 1. The van der Waals surface area contributed by atoms with Gasteiger partial charge < -0.3 is 14.8 Å². The molecule has 46 valence electrons. The smallest absolute Gasteiger partial charge is 0.477 e. The molecule has 0 radical (unpaired) electrons. The second-order valence-electron chi connectivity index (χ2n) is 1.25. The van der Waals surface area contributed by atoms with E-state index >= 15 is 0 Å². The highest BCUT2D eigenvalue weighted by atomic mass is 16.7. The molecule has 0 aliphatic rings. The van der Waals surface area contributed by atoms with Crippen LogP contribution in [0.2, 0.25) is 6.32 Å². The monoisotopic (exact) mass is 118 g/mol. The largest absolute Gasteiger partial charge is 0.526 e. The van der Waals surface area contributed by atoms with Crippen molar-refractivity contribution in [1.29, 1.82) is 0 Å². The molecule has 0 aliphatic heterocycles. The van der Waals surface area contributed by atoms with E-state index in [2.05, 4.69) is 4.65 Å². The lowest BCUT2D eigenvalue weighted by molar-refractivity contribution is 0.135. The summed E-state index contributed by atoms with van der Waals surface area (Å²) in [5.74, 6) is 0. The van der Waals surface area contributed by atoms with Crippen LogP contribution in [0.5, 0.6) is 0 Å².